The van der Waals surface area contributed by atoms with Gasteiger partial charge in [0, 0.05) is 18.3 Å². The van der Waals surface area contributed by atoms with Crippen LogP contribution in [0.4, 0.5) is 5.69 Å². The van der Waals surface area contributed by atoms with E-state index in [4.69, 9.17) is 10.2 Å². The third-order valence-electron chi connectivity index (χ3n) is 4.78. The molecule has 2 heterocycles. The minimum atomic E-state index is -0.223. The Kier molecular flexibility index (Phi) is 4.80. The molecular weight excluding hydrogens is 362 g/mol. The summed E-state index contributed by atoms with van der Waals surface area (Å²) in [6, 6.07) is 21.0. The van der Waals surface area contributed by atoms with Crippen molar-refractivity contribution in [2.45, 2.75) is 13.3 Å². The Labute approximate surface area is 168 Å². The predicted molar refractivity (Wildman–Crippen MR) is 112 cm³/mol. The van der Waals surface area contributed by atoms with Crippen molar-refractivity contribution in [1.29, 1.82) is 5.26 Å². The molecule has 0 saturated carbocycles. The normalized spacial score (nSPS) is 10.7. The lowest BCUT2D eigenvalue weighted by Gasteiger charge is -2.10. The third-order valence-corrected chi connectivity index (χ3v) is 4.78. The second-order valence-corrected chi connectivity index (χ2v) is 6.81. The van der Waals surface area contributed by atoms with Gasteiger partial charge in [0.15, 0.2) is 5.65 Å². The number of hydrogen-bond donors (Lipinski definition) is 1. The van der Waals surface area contributed by atoms with E-state index >= 15 is 0 Å². The van der Waals surface area contributed by atoms with Gasteiger partial charge in [-0.25, -0.2) is 4.98 Å². The van der Waals surface area contributed by atoms with Crippen LogP contribution in [0.1, 0.15) is 21.6 Å². The maximum atomic E-state index is 13.2. The fourth-order valence-electron chi connectivity index (χ4n) is 3.38. The molecule has 0 aliphatic heterocycles. The monoisotopic (exact) mass is 381 g/mol. The number of carbonyl (C=O) groups is 1. The highest BCUT2D eigenvalue weighted by molar-refractivity contribution is 6.13. The minimum Gasteiger partial charge on any atom is -0.322 e. The highest BCUT2D eigenvalue weighted by Crippen LogP contribution is 2.27. The van der Waals surface area contributed by atoms with E-state index in [0.717, 1.165) is 27.9 Å². The number of pyridine rings is 1. The number of hydrogen-bond acceptors (Lipinski definition) is 4. The van der Waals surface area contributed by atoms with Crippen LogP contribution in [-0.2, 0) is 13.5 Å². The van der Waals surface area contributed by atoms with Crippen LogP contribution in [0.3, 0.4) is 0 Å². The molecule has 4 aromatic rings. The molecule has 0 fully saturated rings. The molecule has 0 radical (unpaired) electrons. The molecular formula is C23H19N5O. The van der Waals surface area contributed by atoms with E-state index in [-0.39, 0.29) is 5.91 Å². The average molecular weight is 381 g/mol. The number of rotatable bonds is 4. The Hall–Kier alpha value is -3.98. The molecule has 0 saturated heterocycles. The Balaban J connectivity index is 1.77. The third kappa shape index (κ3) is 3.58. The number of aromatic nitrogens is 3. The maximum Gasteiger partial charge on any atom is 0.256 e. The molecule has 0 aliphatic carbocycles. The van der Waals surface area contributed by atoms with E-state index in [9.17, 15) is 4.79 Å². The second-order valence-electron chi connectivity index (χ2n) is 6.81. The molecule has 1 amide bonds. The zero-order valence-corrected chi connectivity index (χ0v) is 16.2. The van der Waals surface area contributed by atoms with Crippen LogP contribution in [0.15, 0.2) is 60.7 Å². The lowest BCUT2D eigenvalue weighted by atomic mass is 10.0. The van der Waals surface area contributed by atoms with Gasteiger partial charge >= 0.3 is 0 Å². The standard InChI is InChI=1S/C23H19N5O/c1-15-21-19(23(29)25-18-10-8-16(9-11-18)12-13-24)14-20(17-6-4-3-5-7-17)26-22(21)28(2)27-15/h3-11,14H,12H2,1-2H3,(H,25,29). The summed E-state index contributed by atoms with van der Waals surface area (Å²) in [6.07, 6.45) is 0.342. The van der Waals surface area contributed by atoms with E-state index in [0.29, 0.717) is 23.3 Å². The number of benzene rings is 2. The second kappa shape index (κ2) is 7.56. The number of fused-ring (bicyclic) bond motifs is 1. The average Bonchev–Trinajstić information content (AvgIpc) is 3.03. The van der Waals surface area contributed by atoms with Gasteiger partial charge in [0.1, 0.15) is 0 Å². The van der Waals surface area contributed by atoms with Crippen LogP contribution >= 0.6 is 0 Å². The molecule has 6 heteroatoms. The molecule has 0 atom stereocenters. The highest BCUT2D eigenvalue weighted by atomic mass is 16.1. The predicted octanol–water partition coefficient (Wildman–Crippen LogP) is 4.26. The first-order chi connectivity index (χ1) is 14.1. The van der Waals surface area contributed by atoms with Crippen LogP contribution in [0.25, 0.3) is 22.3 Å². The van der Waals surface area contributed by atoms with Gasteiger partial charge in [-0.05, 0) is 30.7 Å². The van der Waals surface area contributed by atoms with E-state index in [1.807, 2.05) is 62.5 Å². The summed E-state index contributed by atoms with van der Waals surface area (Å²) in [7, 11) is 1.83. The summed E-state index contributed by atoms with van der Waals surface area (Å²) in [4.78, 5) is 17.9. The Morgan fingerprint density at radius 2 is 1.86 bits per heavy atom. The summed E-state index contributed by atoms with van der Waals surface area (Å²) < 4.78 is 1.70. The molecule has 0 aliphatic rings. The Bertz CT molecular complexity index is 1230. The van der Waals surface area contributed by atoms with Gasteiger partial charge in [0.2, 0.25) is 0 Å². The van der Waals surface area contributed by atoms with Gasteiger partial charge < -0.3 is 5.32 Å². The van der Waals surface area contributed by atoms with Crippen molar-refractivity contribution in [3.05, 3.63) is 77.5 Å². The fraction of sp³-hybridized carbons (Fsp3) is 0.130. The van der Waals surface area contributed by atoms with Crippen molar-refractivity contribution >= 4 is 22.6 Å². The van der Waals surface area contributed by atoms with E-state index in [2.05, 4.69) is 16.5 Å². The summed E-state index contributed by atoms with van der Waals surface area (Å²) in [5.74, 6) is -0.223. The van der Waals surface area contributed by atoms with E-state index < -0.39 is 0 Å². The number of nitrogens with one attached hydrogen (secondary N) is 1. The van der Waals surface area contributed by atoms with Crippen molar-refractivity contribution in [3.8, 4) is 17.3 Å². The first-order valence-corrected chi connectivity index (χ1v) is 9.24. The number of nitriles is 1. The molecule has 6 nitrogen and oxygen atoms in total. The molecule has 2 aromatic carbocycles. The number of anilines is 1. The van der Waals surface area contributed by atoms with Gasteiger partial charge in [0.25, 0.3) is 5.91 Å². The lowest BCUT2D eigenvalue weighted by Crippen LogP contribution is -2.13. The van der Waals surface area contributed by atoms with Crippen molar-refractivity contribution in [3.63, 3.8) is 0 Å². The fourth-order valence-corrected chi connectivity index (χ4v) is 3.38. The highest BCUT2D eigenvalue weighted by Gasteiger charge is 2.19. The van der Waals surface area contributed by atoms with Crippen LogP contribution in [0.5, 0.6) is 0 Å². The zero-order valence-electron chi connectivity index (χ0n) is 16.2. The molecule has 1 N–H and O–H groups in total. The molecule has 142 valence electrons. The van der Waals surface area contributed by atoms with Gasteiger partial charge in [-0.2, -0.15) is 10.4 Å². The van der Waals surface area contributed by atoms with Gasteiger partial charge in [-0.1, -0.05) is 42.5 Å². The molecule has 29 heavy (non-hydrogen) atoms. The van der Waals surface area contributed by atoms with Crippen LogP contribution in [0, 0.1) is 18.3 Å². The summed E-state index contributed by atoms with van der Waals surface area (Å²) in [6.45, 7) is 1.87. The summed E-state index contributed by atoms with van der Waals surface area (Å²) in [5.41, 5.74) is 5.18. The largest absolute Gasteiger partial charge is 0.322 e. The van der Waals surface area contributed by atoms with Crippen LogP contribution < -0.4 is 5.32 Å². The van der Waals surface area contributed by atoms with Gasteiger partial charge in [-0.3, -0.25) is 9.48 Å². The number of nitrogens with zero attached hydrogens (tertiary/aromatic N) is 4. The molecule has 0 bridgehead atoms. The number of aryl methyl sites for hydroxylation is 2. The first-order valence-electron chi connectivity index (χ1n) is 9.24. The van der Waals surface area contributed by atoms with E-state index in [1.165, 1.54) is 0 Å². The smallest absolute Gasteiger partial charge is 0.256 e. The topological polar surface area (TPSA) is 83.6 Å². The van der Waals surface area contributed by atoms with Crippen LogP contribution in [0.2, 0.25) is 0 Å². The molecule has 2 aromatic heterocycles. The summed E-state index contributed by atoms with van der Waals surface area (Å²) >= 11 is 0. The minimum absolute atomic E-state index is 0.223. The zero-order chi connectivity index (χ0) is 20.4. The molecule has 0 spiro atoms. The van der Waals surface area contributed by atoms with Crippen LogP contribution in [-0.4, -0.2) is 20.7 Å². The van der Waals surface area contributed by atoms with Gasteiger partial charge in [0.05, 0.1) is 34.8 Å². The van der Waals surface area contributed by atoms with Crippen molar-refractivity contribution in [2.75, 3.05) is 5.32 Å². The quantitative estimate of drug-likeness (QED) is 0.572. The Morgan fingerprint density at radius 1 is 1.14 bits per heavy atom. The number of amides is 1. The summed E-state index contributed by atoms with van der Waals surface area (Å²) in [5, 5.41) is 16.9. The Morgan fingerprint density at radius 3 is 2.55 bits per heavy atom. The lowest BCUT2D eigenvalue weighted by molar-refractivity contribution is 0.102. The molecule has 0 unspecified atom stereocenters. The number of carbonyl (C=O) groups excluding carboxylic acids is 1. The SMILES string of the molecule is Cc1nn(C)c2nc(-c3ccccc3)cc(C(=O)Nc3ccc(CC#N)cc3)c12. The van der Waals surface area contributed by atoms with Gasteiger partial charge in [-0.15, -0.1) is 0 Å². The van der Waals surface area contributed by atoms with Crippen molar-refractivity contribution in [1.82, 2.24) is 14.8 Å². The van der Waals surface area contributed by atoms with Crippen molar-refractivity contribution in [2.24, 2.45) is 7.05 Å². The van der Waals surface area contributed by atoms with E-state index in [1.54, 1.807) is 16.8 Å². The first kappa shape index (κ1) is 18.4. The van der Waals surface area contributed by atoms with Crippen molar-refractivity contribution < 1.29 is 4.79 Å². The molecule has 4 rings (SSSR count). The maximum absolute atomic E-state index is 13.2.